The zero-order valence-corrected chi connectivity index (χ0v) is 18.2. The van der Waals surface area contributed by atoms with E-state index in [1.807, 2.05) is 35.2 Å². The topological polar surface area (TPSA) is 65.0 Å². The number of carbonyl (C=O) groups is 1. The van der Waals surface area contributed by atoms with E-state index in [0.29, 0.717) is 23.2 Å². The predicted octanol–water partition coefficient (Wildman–Crippen LogP) is 3.95. The first kappa shape index (κ1) is 20.8. The molecule has 3 atom stereocenters. The Labute approximate surface area is 187 Å². The third kappa shape index (κ3) is 3.94. The van der Waals surface area contributed by atoms with Crippen molar-refractivity contribution in [3.63, 3.8) is 0 Å². The number of benzene rings is 2. The highest BCUT2D eigenvalue weighted by molar-refractivity contribution is 6.30. The Kier molecular flexibility index (Phi) is 5.89. The van der Waals surface area contributed by atoms with Crippen LogP contribution in [0, 0.1) is 5.92 Å². The minimum atomic E-state index is -0.161. The van der Waals surface area contributed by atoms with Gasteiger partial charge in [0.2, 0.25) is 0 Å². The highest BCUT2D eigenvalue weighted by atomic mass is 35.5. The van der Waals surface area contributed by atoms with Crippen LogP contribution in [0.25, 0.3) is 0 Å². The van der Waals surface area contributed by atoms with E-state index < -0.39 is 0 Å². The Morgan fingerprint density at radius 1 is 1.16 bits per heavy atom. The van der Waals surface area contributed by atoms with Gasteiger partial charge in [-0.1, -0.05) is 35.9 Å². The Morgan fingerprint density at radius 3 is 2.74 bits per heavy atom. The fraction of sp³-hybridized carbons (Fsp3) is 0.458. The summed E-state index contributed by atoms with van der Waals surface area (Å²) >= 11 is 6.09. The maximum absolute atomic E-state index is 13.3. The number of rotatable bonds is 4. The van der Waals surface area contributed by atoms with Crippen molar-refractivity contribution in [3.05, 3.63) is 59.1 Å². The molecule has 3 aliphatic rings. The van der Waals surface area contributed by atoms with E-state index in [2.05, 4.69) is 16.3 Å². The van der Waals surface area contributed by atoms with Gasteiger partial charge in [-0.3, -0.25) is 9.80 Å². The lowest BCUT2D eigenvalue weighted by molar-refractivity contribution is -0.0622. The molecule has 2 N–H and O–H groups in total. The number of ether oxygens (including phenoxy) is 1. The van der Waals surface area contributed by atoms with Crippen molar-refractivity contribution < 1.29 is 14.6 Å². The van der Waals surface area contributed by atoms with Crippen LogP contribution in [0.4, 0.5) is 16.2 Å². The van der Waals surface area contributed by atoms with Crippen molar-refractivity contribution in [1.29, 1.82) is 0 Å². The van der Waals surface area contributed by atoms with Gasteiger partial charge in [0.1, 0.15) is 0 Å². The van der Waals surface area contributed by atoms with Crippen LogP contribution in [0.3, 0.4) is 0 Å². The van der Waals surface area contributed by atoms with Crippen LogP contribution in [0.5, 0.6) is 0 Å². The van der Waals surface area contributed by atoms with E-state index in [1.165, 1.54) is 0 Å². The molecule has 0 spiro atoms. The smallest absolute Gasteiger partial charge is 0.326 e. The number of halogens is 1. The van der Waals surface area contributed by atoms with Gasteiger partial charge in [0.05, 0.1) is 6.61 Å². The number of nitrogens with one attached hydrogen (secondary N) is 1. The Hall–Kier alpha value is -2.12. The van der Waals surface area contributed by atoms with E-state index in [-0.39, 0.29) is 30.6 Å². The van der Waals surface area contributed by atoms with Gasteiger partial charge in [-0.25, -0.2) is 4.79 Å². The third-order valence-electron chi connectivity index (χ3n) is 6.96. The monoisotopic (exact) mass is 441 g/mol. The summed E-state index contributed by atoms with van der Waals surface area (Å²) in [7, 11) is 0. The van der Waals surface area contributed by atoms with Crippen LogP contribution < -0.4 is 10.2 Å². The van der Waals surface area contributed by atoms with Gasteiger partial charge in [-0.05, 0) is 48.6 Å². The summed E-state index contributed by atoms with van der Waals surface area (Å²) in [5, 5.41) is 13.8. The average Bonchev–Trinajstić information content (AvgIpc) is 2.78. The molecule has 0 unspecified atom stereocenters. The molecule has 3 aliphatic heterocycles. The first-order chi connectivity index (χ1) is 15.2. The first-order valence-electron chi connectivity index (χ1n) is 11.0. The summed E-state index contributed by atoms with van der Waals surface area (Å²) in [5.74, 6) is 0.825. The maximum Gasteiger partial charge on any atom is 0.326 e. The molecule has 3 heterocycles. The van der Waals surface area contributed by atoms with Gasteiger partial charge in [0.25, 0.3) is 0 Å². The molecule has 6 nitrogen and oxygen atoms in total. The molecular formula is C24H28ClN3O3. The van der Waals surface area contributed by atoms with Crippen LogP contribution in [0.2, 0.25) is 5.02 Å². The molecule has 2 aromatic rings. The van der Waals surface area contributed by atoms with E-state index in [0.717, 1.165) is 43.9 Å². The standard InChI is InChI=1S/C24H28ClN3O3/c25-17-4-3-5-18(12-17)26-24(30)28-14-21-23(19-6-1-2-7-20(19)28)22(15-29)27(21)13-16-8-10-31-11-9-16/h1-7,12,16,21-23,29H,8-11,13-15H2,(H,26,30)/t21-,22-,23-/m0/s1. The zero-order chi connectivity index (χ0) is 21.4. The molecule has 0 aliphatic carbocycles. The molecule has 5 rings (SSSR count). The second kappa shape index (κ2) is 8.79. The molecule has 0 bridgehead atoms. The lowest BCUT2D eigenvalue weighted by Gasteiger charge is -2.59. The van der Waals surface area contributed by atoms with Crippen molar-refractivity contribution in [2.75, 3.05) is 43.1 Å². The molecule has 2 fully saturated rings. The number of anilines is 2. The van der Waals surface area contributed by atoms with Crippen molar-refractivity contribution >= 4 is 29.0 Å². The lowest BCUT2D eigenvalue weighted by Crippen LogP contribution is -2.70. The van der Waals surface area contributed by atoms with Crippen molar-refractivity contribution in [3.8, 4) is 0 Å². The predicted molar refractivity (Wildman–Crippen MR) is 122 cm³/mol. The number of hydrogen-bond donors (Lipinski definition) is 2. The fourth-order valence-electron chi connectivity index (χ4n) is 5.41. The summed E-state index contributed by atoms with van der Waals surface area (Å²) < 4.78 is 5.51. The zero-order valence-electron chi connectivity index (χ0n) is 17.4. The van der Waals surface area contributed by atoms with Crippen LogP contribution in [-0.2, 0) is 4.74 Å². The number of amides is 2. The van der Waals surface area contributed by atoms with E-state index >= 15 is 0 Å². The molecule has 2 amide bonds. The van der Waals surface area contributed by atoms with Crippen molar-refractivity contribution in [1.82, 2.24) is 4.90 Å². The quantitative estimate of drug-likeness (QED) is 0.754. The number of para-hydroxylation sites is 1. The van der Waals surface area contributed by atoms with Gasteiger partial charge < -0.3 is 15.2 Å². The van der Waals surface area contributed by atoms with Gasteiger partial charge in [-0.2, -0.15) is 0 Å². The molecule has 0 aromatic heterocycles. The molecule has 0 radical (unpaired) electrons. The van der Waals surface area contributed by atoms with Crippen LogP contribution in [-0.4, -0.2) is 61.0 Å². The molecule has 0 saturated carbocycles. The third-order valence-corrected chi connectivity index (χ3v) is 7.19. The van der Waals surface area contributed by atoms with E-state index in [1.54, 1.807) is 12.1 Å². The van der Waals surface area contributed by atoms with E-state index in [9.17, 15) is 9.90 Å². The minimum Gasteiger partial charge on any atom is -0.395 e. The summed E-state index contributed by atoms with van der Waals surface area (Å²) in [6.07, 6.45) is 2.11. The Bertz CT molecular complexity index is 949. The number of likely N-dealkylation sites (tertiary alicyclic amines) is 1. The highest BCUT2D eigenvalue weighted by Crippen LogP contribution is 2.48. The number of carbonyl (C=O) groups excluding carboxylic acids is 1. The number of urea groups is 1. The summed E-state index contributed by atoms with van der Waals surface area (Å²) in [4.78, 5) is 17.5. The SMILES string of the molecule is O=C(Nc1cccc(Cl)c1)N1C[C@H]2[C@H](c3ccccc31)[C@H](CO)N2CC1CCOCC1. The normalized spacial score (nSPS) is 26.0. The number of fused-ring (bicyclic) bond motifs is 3. The Morgan fingerprint density at radius 2 is 1.97 bits per heavy atom. The minimum absolute atomic E-state index is 0.104. The number of hydrogen-bond acceptors (Lipinski definition) is 4. The number of aliphatic hydroxyl groups is 1. The molecular weight excluding hydrogens is 414 g/mol. The largest absolute Gasteiger partial charge is 0.395 e. The molecule has 31 heavy (non-hydrogen) atoms. The van der Waals surface area contributed by atoms with Gasteiger partial charge in [-0.15, -0.1) is 0 Å². The van der Waals surface area contributed by atoms with Crippen LogP contribution in [0.1, 0.15) is 24.3 Å². The summed E-state index contributed by atoms with van der Waals surface area (Å²) in [6, 6.07) is 15.4. The van der Waals surface area contributed by atoms with Crippen LogP contribution >= 0.6 is 11.6 Å². The lowest BCUT2D eigenvalue weighted by atomic mass is 9.71. The maximum atomic E-state index is 13.3. The van der Waals surface area contributed by atoms with Crippen molar-refractivity contribution in [2.24, 2.45) is 5.92 Å². The van der Waals surface area contributed by atoms with E-state index in [4.69, 9.17) is 16.3 Å². The highest BCUT2D eigenvalue weighted by Gasteiger charge is 2.53. The second-order valence-corrected chi connectivity index (χ2v) is 9.14. The van der Waals surface area contributed by atoms with Gasteiger partial charge in [0, 0.05) is 60.7 Å². The summed E-state index contributed by atoms with van der Waals surface area (Å²) in [5.41, 5.74) is 2.74. The average molecular weight is 442 g/mol. The molecule has 2 aromatic carbocycles. The van der Waals surface area contributed by atoms with Gasteiger partial charge >= 0.3 is 6.03 Å². The van der Waals surface area contributed by atoms with Crippen molar-refractivity contribution in [2.45, 2.75) is 30.8 Å². The first-order valence-corrected chi connectivity index (χ1v) is 11.4. The Balaban J connectivity index is 1.39. The molecule has 2 saturated heterocycles. The number of aliphatic hydroxyl groups excluding tert-OH is 1. The second-order valence-electron chi connectivity index (χ2n) is 8.71. The molecule has 164 valence electrons. The molecule has 7 heteroatoms. The number of nitrogens with zero attached hydrogens (tertiary/aromatic N) is 2. The fourth-order valence-corrected chi connectivity index (χ4v) is 5.60. The van der Waals surface area contributed by atoms with Crippen LogP contribution in [0.15, 0.2) is 48.5 Å². The summed E-state index contributed by atoms with van der Waals surface area (Å²) in [6.45, 7) is 3.31. The van der Waals surface area contributed by atoms with Gasteiger partial charge in [0.15, 0.2) is 0 Å².